The summed E-state index contributed by atoms with van der Waals surface area (Å²) >= 11 is 5.95. The summed E-state index contributed by atoms with van der Waals surface area (Å²) in [6.07, 6.45) is 0.600. The van der Waals surface area contributed by atoms with Crippen LogP contribution in [0.5, 0.6) is 0 Å². The molecule has 1 N–H and O–H groups in total. The van der Waals surface area contributed by atoms with Crippen molar-refractivity contribution >= 4 is 23.3 Å². The van der Waals surface area contributed by atoms with E-state index in [1.165, 1.54) is 12.1 Å². The molecule has 0 atom stereocenters. The van der Waals surface area contributed by atoms with E-state index >= 15 is 0 Å². The Hall–Kier alpha value is -2.86. The molecular formula is C19H15ClFN3O2. The van der Waals surface area contributed by atoms with Crippen LogP contribution in [-0.4, -0.2) is 22.6 Å². The van der Waals surface area contributed by atoms with E-state index in [1.54, 1.807) is 41.3 Å². The van der Waals surface area contributed by atoms with Gasteiger partial charge in [-0.05, 0) is 42.5 Å². The molecule has 4 rings (SSSR count). The van der Waals surface area contributed by atoms with Crippen molar-refractivity contribution in [2.75, 3.05) is 11.9 Å². The van der Waals surface area contributed by atoms with Gasteiger partial charge in [0, 0.05) is 34.8 Å². The van der Waals surface area contributed by atoms with Crippen molar-refractivity contribution in [3.63, 3.8) is 0 Å². The van der Waals surface area contributed by atoms with Gasteiger partial charge in [-0.1, -0.05) is 22.8 Å². The molecule has 2 amide bonds. The summed E-state index contributed by atoms with van der Waals surface area (Å²) in [6, 6.07) is 12.8. The van der Waals surface area contributed by atoms with Crippen LogP contribution in [0.25, 0.3) is 11.3 Å². The largest absolute Gasteiger partial charge is 0.356 e. The third-order valence-electron chi connectivity index (χ3n) is 4.31. The van der Waals surface area contributed by atoms with Crippen molar-refractivity contribution in [1.82, 2.24) is 10.1 Å². The van der Waals surface area contributed by atoms with Crippen LogP contribution in [-0.2, 0) is 13.0 Å². The molecule has 0 bridgehead atoms. The first-order chi connectivity index (χ1) is 12.6. The number of hydrogen-bond donors (Lipinski definition) is 1. The van der Waals surface area contributed by atoms with Gasteiger partial charge in [0.25, 0.3) is 0 Å². The highest BCUT2D eigenvalue weighted by Crippen LogP contribution is 2.31. The van der Waals surface area contributed by atoms with Crippen LogP contribution in [0.2, 0.25) is 5.02 Å². The van der Waals surface area contributed by atoms with Gasteiger partial charge < -0.3 is 14.7 Å². The number of halogens is 2. The molecule has 1 aliphatic rings. The lowest BCUT2D eigenvalue weighted by Gasteiger charge is -2.26. The molecule has 0 saturated heterocycles. The van der Waals surface area contributed by atoms with Gasteiger partial charge in [0.05, 0.1) is 12.2 Å². The number of nitrogens with one attached hydrogen (secondary N) is 1. The molecule has 1 aromatic heterocycles. The Labute approximate surface area is 154 Å². The Balaban J connectivity index is 1.54. The molecule has 2 heterocycles. The normalized spacial score (nSPS) is 13.4. The minimum atomic E-state index is -0.315. The Kier molecular flexibility index (Phi) is 4.34. The Morgan fingerprint density at radius 1 is 1.23 bits per heavy atom. The van der Waals surface area contributed by atoms with Crippen LogP contribution >= 0.6 is 11.6 Å². The second-order valence-corrected chi connectivity index (χ2v) is 6.49. The number of anilines is 1. The first-order valence-electron chi connectivity index (χ1n) is 8.15. The minimum Gasteiger partial charge on any atom is -0.356 e. The molecule has 1 aliphatic heterocycles. The first-order valence-corrected chi connectivity index (χ1v) is 8.53. The third-order valence-corrected chi connectivity index (χ3v) is 4.54. The minimum absolute atomic E-state index is 0.218. The van der Waals surface area contributed by atoms with E-state index in [0.29, 0.717) is 36.0 Å². The highest BCUT2D eigenvalue weighted by atomic mass is 35.5. The maximum atomic E-state index is 13.2. The SMILES string of the molecule is O=C(Nc1cccc(Cl)c1)N1CCc2noc(-c3ccc(F)cc3)c2C1. The molecule has 0 fully saturated rings. The smallest absolute Gasteiger partial charge is 0.322 e. The second-order valence-electron chi connectivity index (χ2n) is 6.06. The predicted octanol–water partition coefficient (Wildman–Crippen LogP) is 4.72. The van der Waals surface area contributed by atoms with Gasteiger partial charge in [0.15, 0.2) is 5.76 Å². The van der Waals surface area contributed by atoms with Crippen LogP contribution in [0, 0.1) is 5.82 Å². The number of nitrogens with zero attached hydrogens (tertiary/aromatic N) is 2. The molecule has 5 nitrogen and oxygen atoms in total. The van der Waals surface area contributed by atoms with E-state index in [1.807, 2.05) is 0 Å². The van der Waals surface area contributed by atoms with E-state index in [2.05, 4.69) is 10.5 Å². The number of aromatic nitrogens is 1. The quantitative estimate of drug-likeness (QED) is 0.708. The fraction of sp³-hybridized carbons (Fsp3) is 0.158. The van der Waals surface area contributed by atoms with Crippen LogP contribution < -0.4 is 5.32 Å². The zero-order valence-corrected chi connectivity index (χ0v) is 14.5. The lowest BCUT2D eigenvalue weighted by Crippen LogP contribution is -2.38. The molecular weight excluding hydrogens is 357 g/mol. The predicted molar refractivity (Wildman–Crippen MR) is 96.5 cm³/mol. The average molecular weight is 372 g/mol. The van der Waals surface area contributed by atoms with Gasteiger partial charge >= 0.3 is 6.03 Å². The zero-order valence-electron chi connectivity index (χ0n) is 13.7. The molecule has 26 heavy (non-hydrogen) atoms. The fourth-order valence-corrected chi connectivity index (χ4v) is 3.17. The number of benzene rings is 2. The summed E-state index contributed by atoms with van der Waals surface area (Å²) in [5.74, 6) is 0.255. The van der Waals surface area contributed by atoms with Gasteiger partial charge in [-0.25, -0.2) is 9.18 Å². The molecule has 132 valence electrons. The Morgan fingerprint density at radius 3 is 2.81 bits per heavy atom. The van der Waals surface area contributed by atoms with Gasteiger partial charge in [-0.3, -0.25) is 0 Å². The van der Waals surface area contributed by atoms with Crippen LogP contribution in [0.4, 0.5) is 14.9 Å². The van der Waals surface area contributed by atoms with Crippen molar-refractivity contribution in [2.24, 2.45) is 0 Å². The maximum absolute atomic E-state index is 13.2. The number of hydrogen-bond acceptors (Lipinski definition) is 3. The van der Waals surface area contributed by atoms with Crippen molar-refractivity contribution < 1.29 is 13.7 Å². The monoisotopic (exact) mass is 371 g/mol. The van der Waals surface area contributed by atoms with Crippen molar-refractivity contribution in [3.05, 3.63) is 70.6 Å². The fourth-order valence-electron chi connectivity index (χ4n) is 2.98. The Bertz CT molecular complexity index is 956. The van der Waals surface area contributed by atoms with Gasteiger partial charge in [0.1, 0.15) is 5.82 Å². The summed E-state index contributed by atoms with van der Waals surface area (Å²) in [4.78, 5) is 14.3. The van der Waals surface area contributed by atoms with Crippen molar-refractivity contribution in [2.45, 2.75) is 13.0 Å². The van der Waals surface area contributed by atoms with Crippen LogP contribution in [0.15, 0.2) is 53.1 Å². The highest BCUT2D eigenvalue weighted by molar-refractivity contribution is 6.30. The standard InChI is InChI=1S/C19H15ClFN3O2/c20-13-2-1-3-15(10-13)22-19(25)24-9-8-17-16(11-24)18(26-23-17)12-4-6-14(21)7-5-12/h1-7,10H,8-9,11H2,(H,22,25). The summed E-state index contributed by atoms with van der Waals surface area (Å²) in [6.45, 7) is 0.909. The average Bonchev–Trinajstić information content (AvgIpc) is 3.05. The van der Waals surface area contributed by atoms with Crippen LogP contribution in [0.1, 0.15) is 11.3 Å². The number of carbonyl (C=O) groups is 1. The number of rotatable bonds is 2. The molecule has 0 spiro atoms. The molecule has 0 saturated carbocycles. The molecule has 7 heteroatoms. The lowest BCUT2D eigenvalue weighted by atomic mass is 10.0. The second kappa shape index (κ2) is 6.80. The van der Waals surface area contributed by atoms with Gasteiger partial charge in [-0.15, -0.1) is 0 Å². The molecule has 0 aliphatic carbocycles. The molecule has 0 unspecified atom stereocenters. The molecule has 0 radical (unpaired) electrons. The summed E-state index contributed by atoms with van der Waals surface area (Å²) in [5, 5.41) is 7.50. The van der Waals surface area contributed by atoms with E-state index in [4.69, 9.17) is 16.1 Å². The summed E-state index contributed by atoms with van der Waals surface area (Å²) in [7, 11) is 0. The van der Waals surface area contributed by atoms with Gasteiger partial charge in [0.2, 0.25) is 0 Å². The Morgan fingerprint density at radius 2 is 2.04 bits per heavy atom. The van der Waals surface area contributed by atoms with Crippen molar-refractivity contribution in [3.8, 4) is 11.3 Å². The van der Waals surface area contributed by atoms with E-state index in [-0.39, 0.29) is 11.8 Å². The first kappa shape index (κ1) is 16.6. The van der Waals surface area contributed by atoms with Gasteiger partial charge in [-0.2, -0.15) is 0 Å². The number of urea groups is 1. The van der Waals surface area contributed by atoms with Crippen LogP contribution in [0.3, 0.4) is 0 Å². The third kappa shape index (κ3) is 3.28. The maximum Gasteiger partial charge on any atom is 0.322 e. The van der Waals surface area contributed by atoms with E-state index in [9.17, 15) is 9.18 Å². The molecule has 2 aromatic carbocycles. The number of carbonyl (C=O) groups excluding carboxylic acids is 1. The number of fused-ring (bicyclic) bond motifs is 1. The van der Waals surface area contributed by atoms with Crippen molar-refractivity contribution in [1.29, 1.82) is 0 Å². The van der Waals surface area contributed by atoms with E-state index in [0.717, 1.165) is 16.8 Å². The zero-order chi connectivity index (χ0) is 18.1. The highest BCUT2D eigenvalue weighted by Gasteiger charge is 2.27. The summed E-state index contributed by atoms with van der Waals surface area (Å²) in [5.41, 5.74) is 3.05. The summed E-state index contributed by atoms with van der Waals surface area (Å²) < 4.78 is 18.6. The topological polar surface area (TPSA) is 58.4 Å². The molecule has 3 aromatic rings. The lowest BCUT2D eigenvalue weighted by molar-refractivity contribution is 0.206. The number of amides is 2. The van der Waals surface area contributed by atoms with E-state index < -0.39 is 0 Å².